The van der Waals surface area contributed by atoms with Crippen LogP contribution in [0.15, 0.2) is 42.5 Å². The summed E-state index contributed by atoms with van der Waals surface area (Å²) in [6.45, 7) is 8.42. The molecule has 22 heavy (non-hydrogen) atoms. The molecule has 1 N–H and O–H groups in total. The van der Waals surface area contributed by atoms with Gasteiger partial charge in [-0.25, -0.2) is 0 Å². The third-order valence-electron chi connectivity index (χ3n) is 3.41. The predicted molar refractivity (Wildman–Crippen MR) is 92.1 cm³/mol. The summed E-state index contributed by atoms with van der Waals surface area (Å²) in [4.78, 5) is 0. The Hall–Kier alpha value is -2.16. The van der Waals surface area contributed by atoms with Crippen molar-refractivity contribution >= 4 is 5.69 Å². The van der Waals surface area contributed by atoms with E-state index in [1.807, 2.05) is 24.3 Å². The fourth-order valence-electron chi connectivity index (χ4n) is 2.26. The van der Waals surface area contributed by atoms with Crippen molar-refractivity contribution in [2.24, 2.45) is 0 Å². The molecule has 0 bridgehead atoms. The Balaban J connectivity index is 1.77. The quantitative estimate of drug-likeness (QED) is 0.724. The smallest absolute Gasteiger partial charge is 0.125 e. The molecule has 0 aromatic heterocycles. The monoisotopic (exact) mass is 299 g/mol. The van der Waals surface area contributed by atoms with Gasteiger partial charge in [0.25, 0.3) is 0 Å². The minimum Gasteiger partial charge on any atom is -0.494 e. The molecule has 0 spiro atoms. The van der Waals surface area contributed by atoms with Crippen LogP contribution in [-0.2, 0) is 0 Å². The van der Waals surface area contributed by atoms with Gasteiger partial charge in [0.1, 0.15) is 18.1 Å². The van der Waals surface area contributed by atoms with Crippen molar-refractivity contribution in [3.05, 3.63) is 53.6 Å². The van der Waals surface area contributed by atoms with Gasteiger partial charge in [0, 0.05) is 12.2 Å². The van der Waals surface area contributed by atoms with Gasteiger partial charge in [-0.2, -0.15) is 0 Å². The van der Waals surface area contributed by atoms with Gasteiger partial charge in [-0.05, 0) is 55.7 Å². The second-order valence-corrected chi connectivity index (χ2v) is 5.37. The summed E-state index contributed by atoms with van der Waals surface area (Å²) >= 11 is 0. The van der Waals surface area contributed by atoms with E-state index >= 15 is 0 Å². The Kier molecular flexibility index (Phi) is 6.13. The fourth-order valence-corrected chi connectivity index (χ4v) is 2.26. The highest BCUT2D eigenvalue weighted by Gasteiger charge is 2.02. The van der Waals surface area contributed by atoms with E-state index in [1.54, 1.807) is 0 Å². The van der Waals surface area contributed by atoms with Crippen molar-refractivity contribution in [2.45, 2.75) is 27.2 Å². The van der Waals surface area contributed by atoms with Crippen LogP contribution >= 0.6 is 0 Å². The molecular weight excluding hydrogens is 274 g/mol. The molecule has 0 aliphatic carbocycles. The molecule has 2 aromatic carbocycles. The van der Waals surface area contributed by atoms with Gasteiger partial charge in [-0.1, -0.05) is 25.1 Å². The van der Waals surface area contributed by atoms with Crippen molar-refractivity contribution in [1.29, 1.82) is 0 Å². The largest absolute Gasteiger partial charge is 0.494 e. The standard InChI is InChI=1S/C19H25NO2/c1-4-13-21-18-10-8-17(9-11-18)20-12-14-22-19-15(2)6-5-7-16(19)3/h5-11,20H,4,12-14H2,1-3H3. The molecular formula is C19H25NO2. The molecule has 0 atom stereocenters. The number of benzene rings is 2. The molecule has 0 radical (unpaired) electrons. The highest BCUT2D eigenvalue weighted by molar-refractivity contribution is 5.46. The van der Waals surface area contributed by atoms with Crippen LogP contribution in [-0.4, -0.2) is 19.8 Å². The first-order chi connectivity index (χ1) is 10.7. The van der Waals surface area contributed by atoms with E-state index in [4.69, 9.17) is 9.47 Å². The van der Waals surface area contributed by atoms with Gasteiger partial charge in [0.2, 0.25) is 0 Å². The number of para-hydroxylation sites is 1. The number of nitrogens with one attached hydrogen (secondary N) is 1. The Morgan fingerprint density at radius 2 is 1.55 bits per heavy atom. The molecule has 0 amide bonds. The predicted octanol–water partition coefficient (Wildman–Crippen LogP) is 4.58. The van der Waals surface area contributed by atoms with Gasteiger partial charge in [-0.15, -0.1) is 0 Å². The third kappa shape index (κ3) is 4.69. The second kappa shape index (κ2) is 8.32. The summed E-state index contributed by atoms with van der Waals surface area (Å²) < 4.78 is 11.4. The van der Waals surface area contributed by atoms with Gasteiger partial charge < -0.3 is 14.8 Å². The normalized spacial score (nSPS) is 10.3. The average Bonchev–Trinajstić information content (AvgIpc) is 2.53. The minimum atomic E-state index is 0.639. The van der Waals surface area contributed by atoms with Gasteiger partial charge in [0.05, 0.1) is 6.61 Å². The Bertz CT molecular complexity index is 558. The molecule has 0 saturated carbocycles. The van der Waals surface area contributed by atoms with Crippen LogP contribution in [0.4, 0.5) is 5.69 Å². The van der Waals surface area contributed by atoms with E-state index in [-0.39, 0.29) is 0 Å². The van der Waals surface area contributed by atoms with Crippen LogP contribution in [0, 0.1) is 13.8 Å². The van der Waals surface area contributed by atoms with Crippen LogP contribution < -0.4 is 14.8 Å². The molecule has 3 heteroatoms. The van der Waals surface area contributed by atoms with Gasteiger partial charge in [-0.3, -0.25) is 0 Å². The van der Waals surface area contributed by atoms with Crippen LogP contribution in [0.1, 0.15) is 24.5 Å². The molecule has 3 nitrogen and oxygen atoms in total. The van der Waals surface area contributed by atoms with E-state index in [9.17, 15) is 0 Å². The van der Waals surface area contributed by atoms with Crippen molar-refractivity contribution in [2.75, 3.05) is 25.1 Å². The first-order valence-corrected chi connectivity index (χ1v) is 7.86. The minimum absolute atomic E-state index is 0.639. The van der Waals surface area contributed by atoms with Crippen molar-refractivity contribution in [3.8, 4) is 11.5 Å². The summed E-state index contributed by atoms with van der Waals surface area (Å²) in [5.41, 5.74) is 3.43. The van der Waals surface area contributed by atoms with Gasteiger partial charge >= 0.3 is 0 Å². The van der Waals surface area contributed by atoms with Crippen molar-refractivity contribution in [1.82, 2.24) is 0 Å². The van der Waals surface area contributed by atoms with Crippen LogP contribution in [0.2, 0.25) is 0 Å². The lowest BCUT2D eigenvalue weighted by molar-refractivity contribution is 0.317. The molecule has 0 unspecified atom stereocenters. The number of aryl methyl sites for hydroxylation is 2. The average molecular weight is 299 g/mol. The van der Waals surface area contributed by atoms with E-state index in [0.717, 1.165) is 36.8 Å². The summed E-state index contributed by atoms with van der Waals surface area (Å²) in [5, 5.41) is 3.36. The van der Waals surface area contributed by atoms with Crippen molar-refractivity contribution in [3.63, 3.8) is 0 Å². The summed E-state index contributed by atoms with van der Waals surface area (Å²) in [5.74, 6) is 1.91. The molecule has 0 heterocycles. The molecule has 0 saturated heterocycles. The van der Waals surface area contributed by atoms with E-state index in [1.165, 1.54) is 11.1 Å². The Morgan fingerprint density at radius 3 is 2.18 bits per heavy atom. The van der Waals surface area contributed by atoms with Crippen molar-refractivity contribution < 1.29 is 9.47 Å². The zero-order chi connectivity index (χ0) is 15.8. The van der Waals surface area contributed by atoms with Crippen LogP contribution in [0.3, 0.4) is 0 Å². The lowest BCUT2D eigenvalue weighted by Crippen LogP contribution is -2.12. The lowest BCUT2D eigenvalue weighted by Gasteiger charge is -2.13. The van der Waals surface area contributed by atoms with E-state index < -0.39 is 0 Å². The number of rotatable bonds is 8. The fraction of sp³-hybridized carbons (Fsp3) is 0.368. The maximum absolute atomic E-state index is 5.88. The molecule has 0 fully saturated rings. The number of hydrogen-bond acceptors (Lipinski definition) is 3. The highest BCUT2D eigenvalue weighted by Crippen LogP contribution is 2.22. The first-order valence-electron chi connectivity index (χ1n) is 7.86. The third-order valence-corrected chi connectivity index (χ3v) is 3.41. The molecule has 0 aliphatic rings. The summed E-state index contributed by atoms with van der Waals surface area (Å²) in [6.07, 6.45) is 1.02. The molecule has 118 valence electrons. The zero-order valence-electron chi connectivity index (χ0n) is 13.7. The highest BCUT2D eigenvalue weighted by atomic mass is 16.5. The molecule has 2 aromatic rings. The lowest BCUT2D eigenvalue weighted by atomic mass is 10.1. The number of anilines is 1. The van der Waals surface area contributed by atoms with E-state index in [2.05, 4.69) is 44.3 Å². The maximum atomic E-state index is 5.88. The molecule has 2 rings (SSSR count). The maximum Gasteiger partial charge on any atom is 0.125 e. The topological polar surface area (TPSA) is 30.5 Å². The zero-order valence-corrected chi connectivity index (χ0v) is 13.7. The number of ether oxygens (including phenoxy) is 2. The summed E-state index contributed by atoms with van der Waals surface area (Å²) in [7, 11) is 0. The first kappa shape index (κ1) is 16.2. The SMILES string of the molecule is CCCOc1ccc(NCCOc2c(C)cccc2C)cc1. The van der Waals surface area contributed by atoms with Crippen LogP contribution in [0.5, 0.6) is 11.5 Å². The molecule has 0 aliphatic heterocycles. The second-order valence-electron chi connectivity index (χ2n) is 5.37. The number of hydrogen-bond donors (Lipinski definition) is 1. The van der Waals surface area contributed by atoms with Crippen LogP contribution in [0.25, 0.3) is 0 Å². The van der Waals surface area contributed by atoms with E-state index in [0.29, 0.717) is 6.61 Å². The van der Waals surface area contributed by atoms with Gasteiger partial charge in [0.15, 0.2) is 0 Å². The Labute approximate surface area is 133 Å². The summed E-state index contributed by atoms with van der Waals surface area (Å²) in [6, 6.07) is 14.2. The Morgan fingerprint density at radius 1 is 0.864 bits per heavy atom.